The molecule has 1 aliphatic carbocycles. The quantitative estimate of drug-likeness (QED) is 0.755. The van der Waals surface area contributed by atoms with Crippen LogP contribution in [0.4, 0.5) is 8.78 Å². The van der Waals surface area contributed by atoms with E-state index in [4.69, 9.17) is 9.47 Å². The summed E-state index contributed by atoms with van der Waals surface area (Å²) < 4.78 is 37.9. The molecule has 2 fully saturated rings. The Kier molecular flexibility index (Phi) is 5.65. The number of hydrogen-bond donors (Lipinski definition) is 0. The first-order chi connectivity index (χ1) is 11.1. The molecule has 1 saturated carbocycles. The average Bonchev–Trinajstić information content (AvgIpc) is 2.54. The summed E-state index contributed by atoms with van der Waals surface area (Å²) in [5.41, 5.74) is 0.419. The van der Waals surface area contributed by atoms with Gasteiger partial charge in [0.1, 0.15) is 11.6 Å². The van der Waals surface area contributed by atoms with Crippen LogP contribution in [0.1, 0.15) is 57.3 Å². The van der Waals surface area contributed by atoms with Crippen molar-refractivity contribution in [1.29, 1.82) is 0 Å². The zero-order valence-corrected chi connectivity index (χ0v) is 13.8. The van der Waals surface area contributed by atoms with Crippen LogP contribution in [0, 0.1) is 29.4 Å². The normalized spacial score (nSPS) is 32.0. The third-order valence-corrected chi connectivity index (χ3v) is 5.24. The Hall–Kier alpha value is -1.00. The van der Waals surface area contributed by atoms with Crippen LogP contribution < -0.4 is 0 Å². The Morgan fingerprint density at radius 3 is 2.04 bits per heavy atom. The second kappa shape index (κ2) is 7.71. The van der Waals surface area contributed by atoms with Gasteiger partial charge in [-0.15, -0.1) is 0 Å². The molecule has 0 bridgehead atoms. The summed E-state index contributed by atoms with van der Waals surface area (Å²) in [5.74, 6) is 0.937. The van der Waals surface area contributed by atoms with Crippen LogP contribution >= 0.6 is 0 Å². The first-order valence-electron chi connectivity index (χ1n) is 8.79. The van der Waals surface area contributed by atoms with Crippen molar-refractivity contribution in [3.63, 3.8) is 0 Å². The maximum atomic E-state index is 13.3. The Bertz CT molecular complexity index is 484. The van der Waals surface area contributed by atoms with Gasteiger partial charge in [0.25, 0.3) is 0 Å². The topological polar surface area (TPSA) is 18.5 Å². The summed E-state index contributed by atoms with van der Waals surface area (Å²) in [5, 5.41) is 0. The van der Waals surface area contributed by atoms with Crippen LogP contribution in [0.3, 0.4) is 0 Å². The minimum atomic E-state index is -0.646. The van der Waals surface area contributed by atoms with Crippen LogP contribution in [0.5, 0.6) is 0 Å². The molecule has 1 aromatic carbocycles. The Balaban J connectivity index is 1.43. The second-order valence-electron chi connectivity index (χ2n) is 7.27. The van der Waals surface area contributed by atoms with Gasteiger partial charge in [-0.1, -0.05) is 39.0 Å². The fourth-order valence-corrected chi connectivity index (χ4v) is 3.70. The van der Waals surface area contributed by atoms with E-state index in [1.54, 1.807) is 0 Å². The molecule has 0 atom stereocenters. The molecule has 0 radical (unpaired) electrons. The van der Waals surface area contributed by atoms with Crippen molar-refractivity contribution in [3.8, 4) is 0 Å². The molecule has 4 heteroatoms. The van der Waals surface area contributed by atoms with Crippen molar-refractivity contribution in [2.75, 3.05) is 13.2 Å². The molecule has 1 heterocycles. The first kappa shape index (κ1) is 16.8. The van der Waals surface area contributed by atoms with Crippen LogP contribution in [0.15, 0.2) is 18.2 Å². The molecular formula is C19H26F2O2. The van der Waals surface area contributed by atoms with Gasteiger partial charge in [0.15, 0.2) is 6.29 Å². The molecule has 1 saturated heterocycles. The summed E-state index contributed by atoms with van der Waals surface area (Å²) in [6.07, 6.45) is 7.12. The maximum absolute atomic E-state index is 13.3. The van der Waals surface area contributed by atoms with E-state index in [9.17, 15) is 8.78 Å². The Morgan fingerprint density at radius 2 is 1.43 bits per heavy atom. The molecule has 0 amide bonds. The number of halogens is 2. The molecule has 2 nitrogen and oxygen atoms in total. The van der Waals surface area contributed by atoms with E-state index in [0.717, 1.165) is 24.3 Å². The lowest BCUT2D eigenvalue weighted by Crippen LogP contribution is -2.28. The van der Waals surface area contributed by atoms with Crippen molar-refractivity contribution in [1.82, 2.24) is 0 Å². The van der Waals surface area contributed by atoms with Crippen molar-refractivity contribution in [2.24, 2.45) is 17.8 Å². The van der Waals surface area contributed by atoms with Gasteiger partial charge in [-0.3, -0.25) is 0 Å². The molecule has 0 N–H and O–H groups in total. The molecular weight excluding hydrogens is 298 g/mol. The molecule has 1 aromatic rings. The van der Waals surface area contributed by atoms with Crippen molar-refractivity contribution >= 4 is 0 Å². The molecule has 2 aliphatic rings. The average molecular weight is 324 g/mol. The lowest BCUT2D eigenvalue weighted by Gasteiger charge is -2.31. The SMILES string of the molecule is CC1CCC(CCC2COC(c3cc(F)cc(F)c3)OC2)CC1. The first-order valence-corrected chi connectivity index (χ1v) is 8.79. The van der Waals surface area contributed by atoms with Gasteiger partial charge in [0.2, 0.25) is 0 Å². The highest BCUT2D eigenvalue weighted by molar-refractivity contribution is 5.19. The molecule has 23 heavy (non-hydrogen) atoms. The van der Waals surface area contributed by atoms with Crippen LogP contribution in [-0.2, 0) is 9.47 Å². The smallest absolute Gasteiger partial charge is 0.184 e. The van der Waals surface area contributed by atoms with Crippen molar-refractivity contribution < 1.29 is 18.3 Å². The van der Waals surface area contributed by atoms with Gasteiger partial charge in [0.05, 0.1) is 13.2 Å². The monoisotopic (exact) mass is 324 g/mol. The third kappa shape index (κ3) is 4.74. The predicted molar refractivity (Wildman–Crippen MR) is 84.8 cm³/mol. The van der Waals surface area contributed by atoms with Gasteiger partial charge in [-0.05, 0) is 30.4 Å². The van der Waals surface area contributed by atoms with E-state index in [1.807, 2.05) is 0 Å². The van der Waals surface area contributed by atoms with Gasteiger partial charge >= 0.3 is 0 Å². The highest BCUT2D eigenvalue weighted by Crippen LogP contribution is 2.33. The van der Waals surface area contributed by atoms with E-state index in [0.29, 0.717) is 24.7 Å². The number of ether oxygens (including phenoxy) is 2. The van der Waals surface area contributed by atoms with Gasteiger partial charge < -0.3 is 9.47 Å². The molecule has 0 spiro atoms. The maximum Gasteiger partial charge on any atom is 0.184 e. The van der Waals surface area contributed by atoms with Crippen molar-refractivity contribution in [3.05, 3.63) is 35.4 Å². The Morgan fingerprint density at radius 1 is 0.870 bits per heavy atom. The number of rotatable bonds is 4. The molecule has 0 aromatic heterocycles. The minimum Gasteiger partial charge on any atom is -0.348 e. The summed E-state index contributed by atoms with van der Waals surface area (Å²) >= 11 is 0. The van der Waals surface area contributed by atoms with Gasteiger partial charge in [0, 0.05) is 17.5 Å². The summed E-state index contributed by atoms with van der Waals surface area (Å²) in [6.45, 7) is 3.55. The van der Waals surface area contributed by atoms with Crippen LogP contribution in [0.25, 0.3) is 0 Å². The van der Waals surface area contributed by atoms with Gasteiger partial charge in [-0.25, -0.2) is 8.78 Å². The fourth-order valence-electron chi connectivity index (χ4n) is 3.70. The minimum absolute atomic E-state index is 0.393. The van der Waals surface area contributed by atoms with E-state index in [1.165, 1.54) is 44.2 Å². The zero-order valence-electron chi connectivity index (χ0n) is 13.8. The van der Waals surface area contributed by atoms with Gasteiger partial charge in [-0.2, -0.15) is 0 Å². The number of hydrogen-bond acceptors (Lipinski definition) is 2. The highest BCUT2D eigenvalue weighted by atomic mass is 19.1. The fraction of sp³-hybridized carbons (Fsp3) is 0.684. The largest absolute Gasteiger partial charge is 0.348 e. The molecule has 3 rings (SSSR count). The predicted octanol–water partition coefficient (Wildman–Crippen LogP) is 5.23. The number of benzene rings is 1. The van der Waals surface area contributed by atoms with E-state index in [-0.39, 0.29) is 0 Å². The Labute approximate surface area is 137 Å². The van der Waals surface area contributed by atoms with E-state index < -0.39 is 17.9 Å². The second-order valence-corrected chi connectivity index (χ2v) is 7.27. The third-order valence-electron chi connectivity index (χ3n) is 5.24. The van der Waals surface area contributed by atoms with E-state index in [2.05, 4.69) is 6.92 Å². The van der Waals surface area contributed by atoms with Crippen LogP contribution in [-0.4, -0.2) is 13.2 Å². The van der Waals surface area contributed by atoms with Crippen LogP contribution in [0.2, 0.25) is 0 Å². The highest BCUT2D eigenvalue weighted by Gasteiger charge is 2.26. The molecule has 0 unspecified atom stereocenters. The molecule has 1 aliphatic heterocycles. The van der Waals surface area contributed by atoms with E-state index >= 15 is 0 Å². The standard InChI is InChI=1S/C19H26F2O2/c1-13-2-4-14(5-3-13)6-7-15-11-22-19(23-12-15)16-8-17(20)10-18(21)9-16/h8-10,13-15,19H,2-7,11-12H2,1H3. The lowest BCUT2D eigenvalue weighted by molar-refractivity contribution is -0.206. The lowest BCUT2D eigenvalue weighted by atomic mass is 9.80. The van der Waals surface area contributed by atoms with Crippen molar-refractivity contribution in [2.45, 2.75) is 51.7 Å². The summed E-state index contributed by atoms with van der Waals surface area (Å²) in [6, 6.07) is 3.41. The molecule has 128 valence electrons. The summed E-state index contributed by atoms with van der Waals surface area (Å²) in [7, 11) is 0. The summed E-state index contributed by atoms with van der Waals surface area (Å²) in [4.78, 5) is 0. The zero-order chi connectivity index (χ0) is 16.2.